The molecule has 2 aromatic rings. The molecule has 0 unspecified atom stereocenters. The van der Waals surface area contributed by atoms with Crippen LogP contribution in [-0.2, 0) is 16.0 Å². The number of aryl methyl sites for hydroxylation is 1. The molecule has 2 amide bonds. The van der Waals surface area contributed by atoms with Crippen molar-refractivity contribution in [3.05, 3.63) is 53.6 Å². The Morgan fingerprint density at radius 2 is 1.97 bits per heavy atom. The van der Waals surface area contributed by atoms with Gasteiger partial charge in [0.05, 0.1) is 6.61 Å². The van der Waals surface area contributed by atoms with Gasteiger partial charge in [-0.2, -0.15) is 0 Å². The number of ether oxygens (including phenoxy) is 2. The predicted octanol–water partition coefficient (Wildman–Crippen LogP) is 3.72. The van der Waals surface area contributed by atoms with E-state index in [0.29, 0.717) is 25.3 Å². The van der Waals surface area contributed by atoms with Gasteiger partial charge < -0.3 is 19.7 Å². The summed E-state index contributed by atoms with van der Waals surface area (Å²) in [5.74, 6) is 1.23. The van der Waals surface area contributed by atoms with Crippen molar-refractivity contribution in [3.63, 3.8) is 0 Å². The molecule has 2 atom stereocenters. The Morgan fingerprint density at radius 1 is 1.17 bits per heavy atom. The zero-order valence-electron chi connectivity index (χ0n) is 17.5. The van der Waals surface area contributed by atoms with Crippen molar-refractivity contribution < 1.29 is 19.1 Å². The topological polar surface area (TPSA) is 67.9 Å². The number of hydrogen-bond acceptors (Lipinski definition) is 4. The van der Waals surface area contributed by atoms with Crippen molar-refractivity contribution >= 4 is 17.5 Å². The molecule has 6 nitrogen and oxygen atoms in total. The summed E-state index contributed by atoms with van der Waals surface area (Å²) in [7, 11) is 0. The second-order valence-corrected chi connectivity index (χ2v) is 8.03. The molecule has 2 aliphatic rings. The van der Waals surface area contributed by atoms with E-state index in [9.17, 15) is 9.59 Å². The van der Waals surface area contributed by atoms with Crippen molar-refractivity contribution in [1.29, 1.82) is 0 Å². The van der Waals surface area contributed by atoms with E-state index in [1.54, 1.807) is 11.8 Å². The number of carbonyl (C=O) groups excluding carboxylic acids is 2. The highest BCUT2D eigenvalue weighted by Crippen LogP contribution is 2.28. The number of benzene rings is 2. The van der Waals surface area contributed by atoms with Crippen LogP contribution in [0.1, 0.15) is 37.3 Å². The van der Waals surface area contributed by atoms with E-state index in [1.165, 1.54) is 0 Å². The van der Waals surface area contributed by atoms with Crippen LogP contribution in [0.25, 0.3) is 0 Å². The predicted molar refractivity (Wildman–Crippen MR) is 115 cm³/mol. The third-order valence-corrected chi connectivity index (χ3v) is 5.73. The first kappa shape index (κ1) is 20.3. The maximum Gasteiger partial charge on any atom is 0.264 e. The molecule has 4 rings (SSSR count). The number of nitrogens with one attached hydrogen (secondary N) is 1. The van der Waals surface area contributed by atoms with Crippen LogP contribution < -0.4 is 14.8 Å². The lowest BCUT2D eigenvalue weighted by Crippen LogP contribution is -2.53. The van der Waals surface area contributed by atoms with Gasteiger partial charge in [-0.25, -0.2) is 0 Å². The number of likely N-dealkylation sites (tertiary alicyclic amines) is 1. The molecule has 0 aliphatic carbocycles. The minimum Gasteiger partial charge on any atom is -0.493 e. The fraction of sp³-hybridized carbons (Fsp3) is 0.417. The molecule has 30 heavy (non-hydrogen) atoms. The standard InChI is InChI=1S/C24H28N2O4/c1-16-6-9-20(10-7-16)30-17(2)24(28)26-13-4-3-5-21(26)23(27)25-19-8-11-22-18(15-19)12-14-29-22/h6-11,15,17,21H,3-5,12-14H2,1-2H3,(H,25,27)/t17-,21-/m0/s1. The van der Waals surface area contributed by atoms with E-state index >= 15 is 0 Å². The molecule has 2 aromatic carbocycles. The summed E-state index contributed by atoms with van der Waals surface area (Å²) in [5.41, 5.74) is 2.97. The van der Waals surface area contributed by atoms with Crippen LogP contribution in [0.2, 0.25) is 0 Å². The summed E-state index contributed by atoms with van der Waals surface area (Å²) in [6.45, 7) is 4.99. The zero-order chi connectivity index (χ0) is 21.1. The van der Waals surface area contributed by atoms with E-state index < -0.39 is 12.1 Å². The number of piperidine rings is 1. The number of amides is 2. The molecule has 0 saturated carbocycles. The van der Waals surface area contributed by atoms with Crippen molar-refractivity contribution in [1.82, 2.24) is 4.90 Å². The fourth-order valence-corrected chi connectivity index (χ4v) is 4.06. The minimum absolute atomic E-state index is 0.149. The van der Waals surface area contributed by atoms with Gasteiger partial charge in [-0.3, -0.25) is 9.59 Å². The van der Waals surface area contributed by atoms with E-state index in [4.69, 9.17) is 9.47 Å². The monoisotopic (exact) mass is 408 g/mol. The molecule has 0 aromatic heterocycles. The number of rotatable bonds is 5. The lowest BCUT2D eigenvalue weighted by atomic mass is 10.0. The zero-order valence-corrected chi connectivity index (χ0v) is 17.5. The Bertz CT molecular complexity index is 925. The fourth-order valence-electron chi connectivity index (χ4n) is 4.06. The number of anilines is 1. The summed E-state index contributed by atoms with van der Waals surface area (Å²) >= 11 is 0. The lowest BCUT2D eigenvalue weighted by molar-refractivity contribution is -0.145. The molecular weight excluding hydrogens is 380 g/mol. The van der Waals surface area contributed by atoms with E-state index in [2.05, 4.69) is 5.32 Å². The second-order valence-electron chi connectivity index (χ2n) is 8.03. The van der Waals surface area contributed by atoms with Crippen LogP contribution in [0.4, 0.5) is 5.69 Å². The summed E-state index contributed by atoms with van der Waals surface area (Å²) in [4.78, 5) is 27.8. The van der Waals surface area contributed by atoms with Gasteiger partial charge >= 0.3 is 0 Å². The first-order valence-electron chi connectivity index (χ1n) is 10.6. The van der Waals surface area contributed by atoms with Crippen LogP contribution in [0, 0.1) is 6.92 Å². The lowest BCUT2D eigenvalue weighted by Gasteiger charge is -2.36. The SMILES string of the molecule is Cc1ccc(O[C@@H](C)C(=O)N2CCCC[C@H]2C(=O)Nc2ccc3c(c2)CCO3)cc1. The Kier molecular flexibility index (Phi) is 5.93. The summed E-state index contributed by atoms with van der Waals surface area (Å²) in [6.07, 6.45) is 2.66. The molecule has 1 saturated heterocycles. The van der Waals surface area contributed by atoms with Crippen LogP contribution in [-0.4, -0.2) is 42.0 Å². The highest BCUT2D eigenvalue weighted by Gasteiger charge is 2.35. The molecule has 2 aliphatic heterocycles. The average molecular weight is 408 g/mol. The summed E-state index contributed by atoms with van der Waals surface area (Å²) in [5, 5.41) is 2.99. The van der Waals surface area contributed by atoms with Crippen molar-refractivity contribution in [2.24, 2.45) is 0 Å². The number of fused-ring (bicyclic) bond motifs is 1. The van der Waals surface area contributed by atoms with Gasteiger partial charge in [0, 0.05) is 18.7 Å². The number of carbonyl (C=O) groups is 2. The first-order chi connectivity index (χ1) is 14.5. The van der Waals surface area contributed by atoms with Crippen LogP contribution in [0.3, 0.4) is 0 Å². The van der Waals surface area contributed by atoms with Gasteiger partial charge in [0.15, 0.2) is 6.10 Å². The van der Waals surface area contributed by atoms with Crippen LogP contribution in [0.15, 0.2) is 42.5 Å². The van der Waals surface area contributed by atoms with E-state index in [-0.39, 0.29) is 11.8 Å². The second kappa shape index (κ2) is 8.78. The van der Waals surface area contributed by atoms with Gasteiger partial charge in [0.1, 0.15) is 17.5 Å². The highest BCUT2D eigenvalue weighted by atomic mass is 16.5. The average Bonchev–Trinajstić information content (AvgIpc) is 3.22. The highest BCUT2D eigenvalue weighted by molar-refractivity contribution is 5.98. The molecule has 0 bridgehead atoms. The Labute approximate surface area is 177 Å². The third kappa shape index (κ3) is 4.42. The van der Waals surface area contributed by atoms with Crippen molar-refractivity contribution in [2.75, 3.05) is 18.5 Å². The smallest absolute Gasteiger partial charge is 0.264 e. The van der Waals surface area contributed by atoms with Gasteiger partial charge in [0.2, 0.25) is 5.91 Å². The normalized spacial score (nSPS) is 18.9. The van der Waals surface area contributed by atoms with Crippen molar-refractivity contribution in [2.45, 2.75) is 51.7 Å². The van der Waals surface area contributed by atoms with Crippen LogP contribution in [0.5, 0.6) is 11.5 Å². The Morgan fingerprint density at radius 3 is 2.77 bits per heavy atom. The minimum atomic E-state index is -0.654. The van der Waals surface area contributed by atoms with Gasteiger partial charge in [0.25, 0.3) is 5.91 Å². The van der Waals surface area contributed by atoms with Gasteiger partial charge in [-0.05, 0) is 69.0 Å². The third-order valence-electron chi connectivity index (χ3n) is 5.73. The van der Waals surface area contributed by atoms with E-state index in [0.717, 1.165) is 41.8 Å². The first-order valence-corrected chi connectivity index (χ1v) is 10.6. The largest absolute Gasteiger partial charge is 0.493 e. The molecular formula is C24H28N2O4. The van der Waals surface area contributed by atoms with E-state index in [1.807, 2.05) is 49.4 Å². The molecule has 1 N–H and O–H groups in total. The molecule has 1 fully saturated rings. The summed E-state index contributed by atoms with van der Waals surface area (Å²) < 4.78 is 11.4. The molecule has 6 heteroatoms. The molecule has 2 heterocycles. The summed E-state index contributed by atoms with van der Waals surface area (Å²) in [6, 6.07) is 12.8. The van der Waals surface area contributed by atoms with Gasteiger partial charge in [-0.1, -0.05) is 17.7 Å². The molecule has 0 radical (unpaired) electrons. The maximum atomic E-state index is 13.1. The molecule has 0 spiro atoms. The number of nitrogens with zero attached hydrogens (tertiary/aromatic N) is 1. The maximum absolute atomic E-state index is 13.1. The molecule has 158 valence electrons. The van der Waals surface area contributed by atoms with Crippen LogP contribution >= 0.6 is 0 Å². The van der Waals surface area contributed by atoms with Gasteiger partial charge in [-0.15, -0.1) is 0 Å². The van der Waals surface area contributed by atoms with Crippen molar-refractivity contribution in [3.8, 4) is 11.5 Å². The Balaban J connectivity index is 1.43. The Hall–Kier alpha value is -3.02. The quantitative estimate of drug-likeness (QED) is 0.819. The number of hydrogen-bond donors (Lipinski definition) is 1.